The third-order valence-electron chi connectivity index (χ3n) is 4.23. The van der Waals surface area contributed by atoms with Crippen molar-refractivity contribution in [1.82, 2.24) is 24.6 Å². The molecule has 1 fully saturated rings. The van der Waals surface area contributed by atoms with Crippen LogP contribution in [0.15, 0.2) is 16.9 Å². The summed E-state index contributed by atoms with van der Waals surface area (Å²) in [6, 6.07) is 0. The molecule has 3 rings (SSSR count). The first-order valence-corrected chi connectivity index (χ1v) is 8.34. The molecule has 3 heterocycles. The Morgan fingerprint density at radius 3 is 3.08 bits per heavy atom. The molecule has 1 atom stereocenters. The summed E-state index contributed by atoms with van der Waals surface area (Å²) in [6.07, 6.45) is 6.14. The van der Waals surface area contributed by atoms with Gasteiger partial charge in [-0.15, -0.1) is 0 Å². The predicted octanol–water partition coefficient (Wildman–Crippen LogP) is 1.34. The van der Waals surface area contributed by atoms with Crippen LogP contribution in [0, 0.1) is 6.92 Å². The van der Waals surface area contributed by atoms with Crippen LogP contribution in [0.25, 0.3) is 0 Å². The van der Waals surface area contributed by atoms with Crippen molar-refractivity contribution in [3.05, 3.63) is 29.9 Å². The SMILES string of the molecule is CCc1noc(COC2CCCN(C(=O)Cn3ccnc3C)C2)n1. The van der Waals surface area contributed by atoms with Crippen LogP contribution in [-0.2, 0) is 29.1 Å². The largest absolute Gasteiger partial charge is 0.367 e. The van der Waals surface area contributed by atoms with Crippen molar-refractivity contribution in [3.8, 4) is 0 Å². The highest BCUT2D eigenvalue weighted by Gasteiger charge is 2.25. The lowest BCUT2D eigenvalue weighted by atomic mass is 10.1. The molecular formula is C16H23N5O3. The Hall–Kier alpha value is -2.22. The minimum Gasteiger partial charge on any atom is -0.367 e. The number of nitrogens with zero attached hydrogens (tertiary/aromatic N) is 5. The number of likely N-dealkylation sites (tertiary alicyclic amines) is 1. The number of amides is 1. The van der Waals surface area contributed by atoms with Gasteiger partial charge in [-0.2, -0.15) is 4.98 Å². The van der Waals surface area contributed by atoms with Crippen molar-refractivity contribution >= 4 is 5.91 Å². The van der Waals surface area contributed by atoms with E-state index in [1.165, 1.54) is 0 Å². The fourth-order valence-corrected chi connectivity index (χ4v) is 2.80. The minimum absolute atomic E-state index is 0.00330. The third-order valence-corrected chi connectivity index (χ3v) is 4.23. The number of piperidine rings is 1. The molecule has 0 saturated carbocycles. The molecule has 130 valence electrons. The van der Waals surface area contributed by atoms with Gasteiger partial charge >= 0.3 is 0 Å². The van der Waals surface area contributed by atoms with Crippen LogP contribution in [0.4, 0.5) is 0 Å². The second kappa shape index (κ2) is 7.57. The number of ether oxygens (including phenoxy) is 1. The van der Waals surface area contributed by atoms with Crippen LogP contribution in [0.2, 0.25) is 0 Å². The molecule has 1 unspecified atom stereocenters. The monoisotopic (exact) mass is 333 g/mol. The highest BCUT2D eigenvalue weighted by Crippen LogP contribution is 2.15. The number of carbonyl (C=O) groups excluding carboxylic acids is 1. The zero-order chi connectivity index (χ0) is 16.9. The maximum Gasteiger partial charge on any atom is 0.252 e. The van der Waals surface area contributed by atoms with E-state index in [1.54, 1.807) is 6.20 Å². The maximum atomic E-state index is 12.5. The summed E-state index contributed by atoms with van der Waals surface area (Å²) in [5, 5.41) is 3.85. The van der Waals surface area contributed by atoms with E-state index >= 15 is 0 Å². The quantitative estimate of drug-likeness (QED) is 0.793. The molecule has 24 heavy (non-hydrogen) atoms. The summed E-state index contributed by atoms with van der Waals surface area (Å²) in [6.45, 7) is 5.85. The fourth-order valence-electron chi connectivity index (χ4n) is 2.80. The van der Waals surface area contributed by atoms with Gasteiger partial charge in [0.25, 0.3) is 5.89 Å². The molecule has 1 aliphatic heterocycles. The van der Waals surface area contributed by atoms with Gasteiger partial charge in [0.2, 0.25) is 5.91 Å². The van der Waals surface area contributed by atoms with E-state index in [0.717, 1.165) is 31.6 Å². The number of aromatic nitrogens is 4. The van der Waals surface area contributed by atoms with E-state index < -0.39 is 0 Å². The Bertz CT molecular complexity index is 681. The van der Waals surface area contributed by atoms with Gasteiger partial charge in [-0.1, -0.05) is 12.1 Å². The first-order valence-electron chi connectivity index (χ1n) is 8.34. The number of hydrogen-bond donors (Lipinski definition) is 0. The summed E-state index contributed by atoms with van der Waals surface area (Å²) in [5.74, 6) is 2.11. The topological polar surface area (TPSA) is 86.3 Å². The summed E-state index contributed by atoms with van der Waals surface area (Å²) >= 11 is 0. The smallest absolute Gasteiger partial charge is 0.252 e. The molecule has 1 amide bonds. The summed E-state index contributed by atoms with van der Waals surface area (Å²) in [4.78, 5) is 22.7. The lowest BCUT2D eigenvalue weighted by Gasteiger charge is -2.32. The van der Waals surface area contributed by atoms with E-state index in [2.05, 4.69) is 15.1 Å². The zero-order valence-electron chi connectivity index (χ0n) is 14.1. The van der Waals surface area contributed by atoms with Crippen molar-refractivity contribution < 1.29 is 14.1 Å². The minimum atomic E-state index is 0.00330. The van der Waals surface area contributed by atoms with Crippen molar-refractivity contribution in [2.75, 3.05) is 13.1 Å². The number of rotatable bonds is 6. The second-order valence-electron chi connectivity index (χ2n) is 5.98. The summed E-state index contributed by atoms with van der Waals surface area (Å²) in [7, 11) is 0. The van der Waals surface area contributed by atoms with Gasteiger partial charge in [0.05, 0.1) is 6.10 Å². The molecular weight excluding hydrogens is 310 g/mol. The normalized spacial score (nSPS) is 18.1. The van der Waals surface area contributed by atoms with Gasteiger partial charge < -0.3 is 18.7 Å². The van der Waals surface area contributed by atoms with E-state index in [9.17, 15) is 4.79 Å². The van der Waals surface area contributed by atoms with Crippen molar-refractivity contribution in [3.63, 3.8) is 0 Å². The molecule has 8 nitrogen and oxygen atoms in total. The first kappa shape index (κ1) is 16.6. The maximum absolute atomic E-state index is 12.5. The van der Waals surface area contributed by atoms with E-state index in [4.69, 9.17) is 9.26 Å². The average molecular weight is 333 g/mol. The molecule has 1 aliphatic rings. The van der Waals surface area contributed by atoms with Gasteiger partial charge in [-0.3, -0.25) is 4.79 Å². The standard InChI is InChI=1S/C16H23N5O3/c1-3-14-18-15(24-19-14)11-23-13-5-4-7-21(9-13)16(22)10-20-8-6-17-12(20)2/h6,8,13H,3-5,7,9-11H2,1-2H3. The molecule has 0 aliphatic carbocycles. The van der Waals surface area contributed by atoms with Crippen molar-refractivity contribution in [2.24, 2.45) is 0 Å². The zero-order valence-corrected chi connectivity index (χ0v) is 14.1. The highest BCUT2D eigenvalue weighted by molar-refractivity contribution is 5.76. The number of hydrogen-bond acceptors (Lipinski definition) is 6. The molecule has 0 radical (unpaired) electrons. The fraction of sp³-hybridized carbons (Fsp3) is 0.625. The predicted molar refractivity (Wildman–Crippen MR) is 85.0 cm³/mol. The molecule has 2 aromatic rings. The number of carbonyl (C=O) groups is 1. The third kappa shape index (κ3) is 4.00. The van der Waals surface area contributed by atoms with Crippen LogP contribution in [0.3, 0.4) is 0 Å². The Morgan fingerprint density at radius 2 is 2.38 bits per heavy atom. The molecule has 0 bridgehead atoms. The summed E-state index contributed by atoms with van der Waals surface area (Å²) < 4.78 is 12.8. The second-order valence-corrected chi connectivity index (χ2v) is 5.98. The Kier molecular flexibility index (Phi) is 5.24. The summed E-state index contributed by atoms with van der Waals surface area (Å²) in [5.41, 5.74) is 0. The Balaban J connectivity index is 1.50. The van der Waals surface area contributed by atoms with E-state index in [0.29, 0.717) is 31.4 Å². The van der Waals surface area contributed by atoms with Crippen molar-refractivity contribution in [1.29, 1.82) is 0 Å². The molecule has 1 saturated heterocycles. The van der Waals surface area contributed by atoms with Crippen LogP contribution < -0.4 is 0 Å². The van der Waals surface area contributed by atoms with E-state index in [-0.39, 0.29) is 12.0 Å². The number of imidazole rings is 1. The molecule has 0 aromatic carbocycles. The Labute approximate surface area is 140 Å². The van der Waals surface area contributed by atoms with Gasteiger partial charge in [-0.25, -0.2) is 4.98 Å². The van der Waals surface area contributed by atoms with Gasteiger partial charge in [-0.05, 0) is 19.8 Å². The van der Waals surface area contributed by atoms with Gasteiger partial charge in [0.1, 0.15) is 19.0 Å². The highest BCUT2D eigenvalue weighted by atomic mass is 16.5. The van der Waals surface area contributed by atoms with Gasteiger partial charge in [0, 0.05) is 31.9 Å². The molecule has 0 spiro atoms. The molecule has 2 aromatic heterocycles. The molecule has 8 heteroatoms. The lowest BCUT2D eigenvalue weighted by Crippen LogP contribution is -2.44. The number of aryl methyl sites for hydroxylation is 2. The van der Waals surface area contributed by atoms with E-state index in [1.807, 2.05) is 29.5 Å². The Morgan fingerprint density at radius 1 is 1.50 bits per heavy atom. The van der Waals surface area contributed by atoms with Crippen LogP contribution in [0.1, 0.15) is 37.3 Å². The van der Waals surface area contributed by atoms with Crippen LogP contribution in [0.5, 0.6) is 0 Å². The molecule has 0 N–H and O–H groups in total. The van der Waals surface area contributed by atoms with Crippen molar-refractivity contribution in [2.45, 2.75) is 52.4 Å². The van der Waals surface area contributed by atoms with Crippen LogP contribution >= 0.6 is 0 Å². The average Bonchev–Trinajstić information content (AvgIpc) is 3.22. The van der Waals surface area contributed by atoms with Crippen LogP contribution in [-0.4, -0.2) is 49.7 Å². The first-order chi connectivity index (χ1) is 11.7. The lowest BCUT2D eigenvalue weighted by molar-refractivity contribution is -0.136. The van der Waals surface area contributed by atoms with Gasteiger partial charge in [0.15, 0.2) is 5.82 Å².